The first-order chi connectivity index (χ1) is 20.0. The van der Waals surface area contributed by atoms with E-state index in [-0.39, 0.29) is 24.1 Å². The minimum atomic E-state index is -0.407. The molecule has 1 atom stereocenters. The molecule has 1 aromatic heterocycles. The average molecular weight is 563 g/mol. The zero-order chi connectivity index (χ0) is 29.0. The number of phenols is 1. The van der Waals surface area contributed by atoms with Crippen LogP contribution in [-0.2, 0) is 16.0 Å². The largest absolute Gasteiger partial charge is 0.507 e. The third-order valence-corrected chi connectivity index (χ3v) is 6.73. The molecular formula is C31H35FN4O5. The lowest BCUT2D eigenvalue weighted by Crippen LogP contribution is -2.14. The van der Waals surface area contributed by atoms with Gasteiger partial charge in [0.05, 0.1) is 13.2 Å². The van der Waals surface area contributed by atoms with Crippen LogP contribution in [0, 0.1) is 5.82 Å². The summed E-state index contributed by atoms with van der Waals surface area (Å²) < 4.78 is 29.7. The van der Waals surface area contributed by atoms with Gasteiger partial charge in [-0.3, -0.25) is 0 Å². The third kappa shape index (κ3) is 8.26. The van der Waals surface area contributed by atoms with Crippen LogP contribution in [0.3, 0.4) is 0 Å². The molecule has 0 saturated heterocycles. The Kier molecular flexibility index (Phi) is 10.6. The fourth-order valence-electron chi connectivity index (χ4n) is 4.60. The van der Waals surface area contributed by atoms with Crippen molar-refractivity contribution in [3.05, 3.63) is 83.4 Å². The monoisotopic (exact) mass is 562 g/mol. The van der Waals surface area contributed by atoms with Crippen LogP contribution in [0.25, 0.3) is 11.1 Å². The van der Waals surface area contributed by atoms with Gasteiger partial charge in [0.15, 0.2) is 12.4 Å². The number of aromatic hydroxyl groups is 1. The number of ether oxygens (including phenoxy) is 3. The van der Waals surface area contributed by atoms with Crippen LogP contribution in [0.1, 0.15) is 62.4 Å². The Hall–Kier alpha value is -4.47. The number of halogens is 1. The molecule has 41 heavy (non-hydrogen) atoms. The number of hydrogen-bond acceptors (Lipinski definition) is 8. The van der Waals surface area contributed by atoms with Gasteiger partial charge in [-0.05, 0) is 73.2 Å². The minimum absolute atomic E-state index is 0.0450. The van der Waals surface area contributed by atoms with E-state index in [0.717, 1.165) is 48.8 Å². The topological polar surface area (TPSA) is 119 Å². The number of aryl methyl sites for hydroxylation is 1. The van der Waals surface area contributed by atoms with E-state index in [9.17, 15) is 14.3 Å². The molecule has 1 heterocycles. The molecule has 0 radical (unpaired) electrons. The lowest BCUT2D eigenvalue weighted by molar-refractivity contribution is -0.145. The van der Waals surface area contributed by atoms with Gasteiger partial charge in [-0.25, -0.2) is 9.18 Å². The molecule has 4 rings (SSSR count). The Labute approximate surface area is 238 Å². The Bertz CT molecular complexity index is 1380. The van der Waals surface area contributed by atoms with E-state index in [1.807, 2.05) is 37.3 Å². The van der Waals surface area contributed by atoms with Gasteiger partial charge >= 0.3 is 5.97 Å². The normalized spacial score (nSPS) is 11.7. The van der Waals surface area contributed by atoms with Gasteiger partial charge in [-0.15, -0.1) is 10.2 Å². The smallest absolute Gasteiger partial charge is 0.344 e. The number of carbonyl (C=O) groups is 1. The average Bonchev–Trinajstić information content (AvgIpc) is 3.52. The number of benzene rings is 3. The second kappa shape index (κ2) is 14.8. The van der Waals surface area contributed by atoms with Gasteiger partial charge in [0.25, 0.3) is 0 Å². The summed E-state index contributed by atoms with van der Waals surface area (Å²) in [6.07, 6.45) is 4.23. The van der Waals surface area contributed by atoms with Crippen LogP contribution in [0.2, 0.25) is 0 Å². The summed E-state index contributed by atoms with van der Waals surface area (Å²) in [4.78, 5) is 11.5. The molecule has 0 amide bonds. The van der Waals surface area contributed by atoms with E-state index in [2.05, 4.69) is 20.6 Å². The number of rotatable bonds is 15. The van der Waals surface area contributed by atoms with Crippen LogP contribution >= 0.6 is 0 Å². The molecule has 0 bridgehead atoms. The molecule has 216 valence electrons. The molecule has 0 spiro atoms. The first-order valence-corrected chi connectivity index (χ1v) is 13.8. The highest BCUT2D eigenvalue weighted by Gasteiger charge is 2.19. The molecule has 0 aliphatic carbocycles. The molecule has 2 N–H and O–H groups in total. The van der Waals surface area contributed by atoms with Gasteiger partial charge in [-0.2, -0.15) is 5.21 Å². The summed E-state index contributed by atoms with van der Waals surface area (Å²) in [5.74, 6) is 1.18. The maximum Gasteiger partial charge on any atom is 0.344 e. The second-order valence-electron chi connectivity index (χ2n) is 9.52. The number of aromatic amines is 1. The molecule has 3 aromatic carbocycles. The van der Waals surface area contributed by atoms with Gasteiger partial charge in [0, 0.05) is 17.5 Å². The van der Waals surface area contributed by atoms with E-state index in [0.29, 0.717) is 36.1 Å². The van der Waals surface area contributed by atoms with Crippen LogP contribution < -0.4 is 9.47 Å². The Morgan fingerprint density at radius 1 is 1.00 bits per heavy atom. The highest BCUT2D eigenvalue weighted by molar-refractivity contribution is 5.72. The fraction of sp³-hybridized carbons (Fsp3) is 0.355. The number of esters is 1. The van der Waals surface area contributed by atoms with Crippen LogP contribution in [-0.4, -0.2) is 51.5 Å². The van der Waals surface area contributed by atoms with Crippen molar-refractivity contribution in [3.8, 4) is 28.4 Å². The van der Waals surface area contributed by atoms with Crippen molar-refractivity contribution in [1.29, 1.82) is 0 Å². The molecule has 0 saturated carbocycles. The predicted molar refractivity (Wildman–Crippen MR) is 151 cm³/mol. The zero-order valence-electron chi connectivity index (χ0n) is 23.3. The van der Waals surface area contributed by atoms with E-state index in [1.165, 1.54) is 12.1 Å². The number of nitrogens with one attached hydrogen (secondary N) is 1. The van der Waals surface area contributed by atoms with E-state index < -0.39 is 5.97 Å². The van der Waals surface area contributed by atoms with Crippen molar-refractivity contribution in [2.24, 2.45) is 0 Å². The van der Waals surface area contributed by atoms with Crippen LogP contribution in [0.4, 0.5) is 4.39 Å². The number of nitrogens with zero attached hydrogens (tertiary/aromatic N) is 3. The van der Waals surface area contributed by atoms with E-state index >= 15 is 0 Å². The third-order valence-electron chi connectivity index (χ3n) is 6.73. The molecule has 0 aliphatic heterocycles. The molecule has 10 heteroatoms. The van der Waals surface area contributed by atoms with Crippen molar-refractivity contribution >= 4 is 5.97 Å². The quantitative estimate of drug-likeness (QED) is 0.134. The summed E-state index contributed by atoms with van der Waals surface area (Å²) in [5.41, 5.74) is 3.41. The number of tetrazole rings is 1. The fourth-order valence-corrected chi connectivity index (χ4v) is 4.60. The van der Waals surface area contributed by atoms with Crippen molar-refractivity contribution in [2.75, 3.05) is 19.8 Å². The number of carbonyl (C=O) groups excluding carboxylic acids is 1. The maximum atomic E-state index is 13.3. The molecule has 4 aromatic rings. The van der Waals surface area contributed by atoms with Gasteiger partial charge in [0.2, 0.25) is 0 Å². The first kappa shape index (κ1) is 29.5. The van der Waals surface area contributed by atoms with Crippen molar-refractivity contribution in [2.45, 2.75) is 51.9 Å². The molecule has 1 unspecified atom stereocenters. The van der Waals surface area contributed by atoms with Crippen molar-refractivity contribution < 1.29 is 28.5 Å². The maximum absolute atomic E-state index is 13.3. The lowest BCUT2D eigenvalue weighted by Gasteiger charge is -2.16. The molecular weight excluding hydrogens is 527 g/mol. The van der Waals surface area contributed by atoms with Gasteiger partial charge in [0.1, 0.15) is 23.1 Å². The minimum Gasteiger partial charge on any atom is -0.507 e. The first-order valence-electron chi connectivity index (χ1n) is 13.8. The van der Waals surface area contributed by atoms with Crippen molar-refractivity contribution in [1.82, 2.24) is 20.6 Å². The molecule has 9 nitrogen and oxygen atoms in total. The lowest BCUT2D eigenvalue weighted by atomic mass is 9.92. The predicted octanol–water partition coefficient (Wildman–Crippen LogP) is 5.99. The summed E-state index contributed by atoms with van der Waals surface area (Å²) in [7, 11) is 0. The summed E-state index contributed by atoms with van der Waals surface area (Å²) in [5, 5.41) is 25.3. The summed E-state index contributed by atoms with van der Waals surface area (Å²) in [6, 6.07) is 17.1. The Morgan fingerprint density at radius 3 is 2.46 bits per heavy atom. The number of phenolic OH excluding ortho intramolecular Hbond substituents is 1. The van der Waals surface area contributed by atoms with Gasteiger partial charge < -0.3 is 19.3 Å². The zero-order valence-corrected chi connectivity index (χ0v) is 23.3. The summed E-state index contributed by atoms with van der Waals surface area (Å²) in [6.45, 7) is 4.48. The molecule has 0 aliphatic rings. The second-order valence-corrected chi connectivity index (χ2v) is 9.52. The van der Waals surface area contributed by atoms with Crippen LogP contribution in [0.15, 0.2) is 60.7 Å². The van der Waals surface area contributed by atoms with E-state index in [1.54, 1.807) is 25.1 Å². The SMILES string of the molecule is CCOC(=O)COc1ccc(C(CCCCCOc2cc(O)c(-c3ccc(F)cc3)cc2CC)c2nn[nH]n2)cc1. The molecule has 0 fully saturated rings. The summed E-state index contributed by atoms with van der Waals surface area (Å²) >= 11 is 0. The standard InChI is InChI=1S/C31H35FN4O5/c1-3-21-18-27(23-9-13-24(32)14-10-23)28(37)19-29(21)40-17-7-5-6-8-26(31-33-35-36-34-31)22-11-15-25(16-12-22)41-20-30(38)39-4-2/h9-16,18-19,26,37H,3-8,17,20H2,1-2H3,(H,33,34,35,36). The van der Waals surface area contributed by atoms with Crippen LogP contribution in [0.5, 0.6) is 17.2 Å². The highest BCUT2D eigenvalue weighted by Crippen LogP contribution is 2.36. The number of hydrogen-bond donors (Lipinski definition) is 2. The number of aromatic nitrogens is 4. The number of unbranched alkanes of at least 4 members (excludes halogenated alkanes) is 2. The van der Waals surface area contributed by atoms with Gasteiger partial charge in [-0.1, -0.05) is 49.2 Å². The highest BCUT2D eigenvalue weighted by atomic mass is 19.1. The van der Waals surface area contributed by atoms with Crippen molar-refractivity contribution in [3.63, 3.8) is 0 Å². The van der Waals surface area contributed by atoms with E-state index in [4.69, 9.17) is 14.2 Å². The Morgan fingerprint density at radius 2 is 1.78 bits per heavy atom. The Balaban J connectivity index is 1.29. The number of H-pyrrole nitrogens is 1.